The van der Waals surface area contributed by atoms with Crippen molar-refractivity contribution in [1.29, 1.82) is 0 Å². The average Bonchev–Trinajstić information content (AvgIpc) is 2.38. The summed E-state index contributed by atoms with van der Waals surface area (Å²) in [7, 11) is 2.08. The van der Waals surface area contributed by atoms with Crippen LogP contribution in [0, 0.1) is 0 Å². The molecular formula is C16H31N3O2. The molecule has 0 aliphatic carbocycles. The number of hydrogen-bond donors (Lipinski definition) is 0. The summed E-state index contributed by atoms with van der Waals surface area (Å²) in [6.45, 7) is 15.4. The first-order chi connectivity index (χ1) is 9.65. The van der Waals surface area contributed by atoms with Gasteiger partial charge in [0.25, 0.3) is 0 Å². The van der Waals surface area contributed by atoms with Crippen molar-refractivity contribution in [3.8, 4) is 0 Å². The maximum Gasteiger partial charge on any atom is 0.410 e. The second-order valence-electron chi connectivity index (χ2n) is 6.93. The normalized spacial score (nSPS) is 17.2. The van der Waals surface area contributed by atoms with Crippen molar-refractivity contribution in [3.05, 3.63) is 12.8 Å². The second kappa shape index (κ2) is 7.16. The lowest BCUT2D eigenvalue weighted by atomic mass is 10.0. The SMILES string of the molecule is C=CN(C1CCN(C(=O)OC(C)(C)C)CC1)N(C)C(C)C. The van der Waals surface area contributed by atoms with Crippen molar-refractivity contribution in [1.82, 2.24) is 14.9 Å². The van der Waals surface area contributed by atoms with Crippen molar-refractivity contribution in [2.75, 3.05) is 20.1 Å². The van der Waals surface area contributed by atoms with Crippen LogP contribution in [-0.2, 0) is 4.74 Å². The number of hydrogen-bond acceptors (Lipinski definition) is 4. The zero-order chi connectivity index (χ0) is 16.2. The Bertz CT molecular complexity index is 355. The molecule has 0 spiro atoms. The summed E-state index contributed by atoms with van der Waals surface area (Å²) in [6, 6.07) is 0.820. The van der Waals surface area contributed by atoms with E-state index < -0.39 is 5.60 Å². The summed E-state index contributed by atoms with van der Waals surface area (Å²) in [4.78, 5) is 13.9. The molecule has 1 aliphatic heterocycles. The van der Waals surface area contributed by atoms with E-state index in [9.17, 15) is 4.79 Å². The van der Waals surface area contributed by atoms with Crippen LogP contribution in [0.1, 0.15) is 47.5 Å². The fraction of sp³-hybridized carbons (Fsp3) is 0.812. The summed E-state index contributed by atoms with van der Waals surface area (Å²) >= 11 is 0. The van der Waals surface area contributed by atoms with Crippen LogP contribution in [0.5, 0.6) is 0 Å². The van der Waals surface area contributed by atoms with Gasteiger partial charge in [-0.3, -0.25) is 0 Å². The third-order valence-corrected chi connectivity index (χ3v) is 3.79. The minimum atomic E-state index is -0.432. The Morgan fingerprint density at radius 3 is 2.24 bits per heavy atom. The maximum absolute atomic E-state index is 12.1. The fourth-order valence-electron chi connectivity index (χ4n) is 2.44. The van der Waals surface area contributed by atoms with E-state index in [-0.39, 0.29) is 6.09 Å². The number of ether oxygens (including phenoxy) is 1. The molecule has 0 aromatic heterocycles. The van der Waals surface area contributed by atoms with Gasteiger partial charge in [-0.15, -0.1) is 0 Å². The highest BCUT2D eigenvalue weighted by Gasteiger charge is 2.30. The first kappa shape index (κ1) is 17.8. The predicted octanol–water partition coefficient (Wildman–Crippen LogP) is 3.09. The average molecular weight is 297 g/mol. The molecule has 21 heavy (non-hydrogen) atoms. The van der Waals surface area contributed by atoms with Gasteiger partial charge in [0.05, 0.1) is 0 Å². The molecule has 1 amide bonds. The summed E-state index contributed by atoms with van der Waals surface area (Å²) in [5.74, 6) is 0. The maximum atomic E-state index is 12.1. The van der Waals surface area contributed by atoms with E-state index >= 15 is 0 Å². The molecule has 0 bridgehead atoms. The summed E-state index contributed by atoms with van der Waals surface area (Å²) in [5.41, 5.74) is -0.432. The molecule has 0 saturated carbocycles. The number of piperidine rings is 1. The zero-order valence-corrected chi connectivity index (χ0v) is 14.4. The molecule has 0 unspecified atom stereocenters. The van der Waals surface area contributed by atoms with Crippen LogP contribution in [0.3, 0.4) is 0 Å². The minimum absolute atomic E-state index is 0.205. The van der Waals surface area contributed by atoms with Crippen molar-refractivity contribution >= 4 is 6.09 Å². The molecule has 122 valence electrons. The van der Waals surface area contributed by atoms with Crippen molar-refractivity contribution in [2.45, 2.75) is 65.1 Å². The fourth-order valence-corrected chi connectivity index (χ4v) is 2.44. The minimum Gasteiger partial charge on any atom is -0.444 e. The number of carbonyl (C=O) groups excluding carboxylic acids is 1. The van der Waals surface area contributed by atoms with Gasteiger partial charge in [-0.2, -0.15) is 0 Å². The number of carbonyl (C=O) groups is 1. The molecule has 5 nitrogen and oxygen atoms in total. The second-order valence-corrected chi connectivity index (χ2v) is 6.93. The quantitative estimate of drug-likeness (QED) is 0.747. The molecule has 5 heteroatoms. The van der Waals surface area contributed by atoms with E-state index in [1.807, 2.05) is 27.0 Å². The third-order valence-electron chi connectivity index (χ3n) is 3.79. The van der Waals surface area contributed by atoms with Gasteiger partial charge >= 0.3 is 6.09 Å². The Kier molecular flexibility index (Phi) is 6.08. The van der Waals surface area contributed by atoms with Crippen LogP contribution < -0.4 is 0 Å². The van der Waals surface area contributed by atoms with E-state index in [0.717, 1.165) is 25.9 Å². The largest absolute Gasteiger partial charge is 0.444 e. The van der Waals surface area contributed by atoms with E-state index in [0.29, 0.717) is 12.1 Å². The Morgan fingerprint density at radius 1 is 1.33 bits per heavy atom. The molecular weight excluding hydrogens is 266 g/mol. The first-order valence-corrected chi connectivity index (χ1v) is 7.77. The molecule has 0 aromatic carbocycles. The lowest BCUT2D eigenvalue weighted by molar-refractivity contribution is -0.0400. The van der Waals surface area contributed by atoms with Gasteiger partial charge in [-0.1, -0.05) is 6.58 Å². The third kappa shape index (κ3) is 5.23. The highest BCUT2D eigenvalue weighted by atomic mass is 16.6. The van der Waals surface area contributed by atoms with Crippen LogP contribution in [0.4, 0.5) is 4.79 Å². The van der Waals surface area contributed by atoms with Crippen LogP contribution >= 0.6 is 0 Å². The molecule has 0 N–H and O–H groups in total. The number of hydrazine groups is 1. The highest BCUT2D eigenvalue weighted by Crippen LogP contribution is 2.21. The van der Waals surface area contributed by atoms with Gasteiger partial charge in [0.1, 0.15) is 5.60 Å². The van der Waals surface area contributed by atoms with Crippen molar-refractivity contribution in [2.24, 2.45) is 0 Å². The molecule has 0 radical (unpaired) electrons. The van der Waals surface area contributed by atoms with Gasteiger partial charge in [-0.05, 0) is 47.5 Å². The van der Waals surface area contributed by atoms with Crippen LogP contribution in [0.15, 0.2) is 12.8 Å². The van der Waals surface area contributed by atoms with Gasteiger partial charge in [-0.25, -0.2) is 9.80 Å². The van der Waals surface area contributed by atoms with Gasteiger partial charge in [0, 0.05) is 38.4 Å². The van der Waals surface area contributed by atoms with E-state index in [1.54, 1.807) is 4.90 Å². The highest BCUT2D eigenvalue weighted by molar-refractivity contribution is 5.68. The number of rotatable bonds is 4. The topological polar surface area (TPSA) is 36.0 Å². The van der Waals surface area contributed by atoms with E-state index in [4.69, 9.17) is 4.74 Å². The molecule has 1 fully saturated rings. The van der Waals surface area contributed by atoms with Crippen molar-refractivity contribution < 1.29 is 9.53 Å². The number of likely N-dealkylation sites (tertiary alicyclic amines) is 1. The van der Waals surface area contributed by atoms with Crippen LogP contribution in [-0.4, -0.2) is 58.8 Å². The van der Waals surface area contributed by atoms with Crippen LogP contribution in [0.2, 0.25) is 0 Å². The molecule has 1 rings (SSSR count). The lowest BCUT2D eigenvalue weighted by Crippen LogP contribution is -2.52. The molecule has 1 heterocycles. The number of nitrogens with zero attached hydrogens (tertiary/aromatic N) is 3. The molecule has 0 atom stereocenters. The van der Waals surface area contributed by atoms with Gasteiger partial charge in [0.2, 0.25) is 0 Å². The van der Waals surface area contributed by atoms with Crippen LogP contribution in [0.25, 0.3) is 0 Å². The zero-order valence-electron chi connectivity index (χ0n) is 14.4. The monoisotopic (exact) mass is 297 g/mol. The van der Waals surface area contributed by atoms with Gasteiger partial charge in [0.15, 0.2) is 0 Å². The Morgan fingerprint density at radius 2 is 1.86 bits per heavy atom. The summed E-state index contributed by atoms with van der Waals surface area (Å²) < 4.78 is 5.43. The summed E-state index contributed by atoms with van der Waals surface area (Å²) in [5, 5.41) is 4.39. The molecule has 0 aromatic rings. The first-order valence-electron chi connectivity index (χ1n) is 7.77. The summed E-state index contributed by atoms with van der Waals surface area (Å²) in [6.07, 6.45) is 3.54. The number of amides is 1. The van der Waals surface area contributed by atoms with E-state index in [2.05, 4.69) is 37.5 Å². The Hall–Kier alpha value is -1.23. The van der Waals surface area contributed by atoms with Gasteiger partial charge < -0.3 is 14.6 Å². The Labute approximate surface area is 129 Å². The standard InChI is InChI=1S/C16H31N3O2/c1-8-19(17(7)13(2)3)14-9-11-18(12-10-14)15(20)21-16(4,5)6/h8,13-14H,1,9-12H2,2-7H3. The van der Waals surface area contributed by atoms with Crippen molar-refractivity contribution in [3.63, 3.8) is 0 Å². The van der Waals surface area contributed by atoms with E-state index in [1.165, 1.54) is 0 Å². The lowest BCUT2D eigenvalue weighted by Gasteiger charge is -2.43. The molecule has 1 saturated heterocycles. The predicted molar refractivity (Wildman–Crippen MR) is 85.8 cm³/mol. The Balaban J connectivity index is 2.55. The smallest absolute Gasteiger partial charge is 0.410 e. The molecule has 1 aliphatic rings.